The predicted molar refractivity (Wildman–Crippen MR) is 139 cm³/mol. The SMILES string of the molecule is COC1=C[C@H]2C3=C([C@H](ON2c2cccc(C)n2)C1=O)[C@@H](NC(C)=O)CCc1c3cc(OC)c(OC)c1OC. The zero-order chi connectivity index (χ0) is 27.1. The summed E-state index contributed by atoms with van der Waals surface area (Å²) in [5.74, 6) is 1.69. The molecule has 2 aliphatic heterocycles. The van der Waals surface area contributed by atoms with Gasteiger partial charge in [-0.1, -0.05) is 6.07 Å². The number of carbonyl (C=O) groups is 2. The zero-order valence-corrected chi connectivity index (χ0v) is 22.3. The molecule has 0 saturated carbocycles. The largest absolute Gasteiger partial charge is 0.493 e. The highest BCUT2D eigenvalue weighted by molar-refractivity contribution is 6.05. The molecule has 1 N–H and O–H groups in total. The normalized spacial score (nSPS) is 22.1. The first kappa shape index (κ1) is 25.6. The molecule has 1 aromatic carbocycles. The van der Waals surface area contributed by atoms with Gasteiger partial charge in [0.15, 0.2) is 29.2 Å². The number of aryl methyl sites for hydroxylation is 1. The highest BCUT2D eigenvalue weighted by Gasteiger charge is 2.49. The Morgan fingerprint density at radius 1 is 1.11 bits per heavy atom. The number of amides is 1. The molecular formula is C28H31N3O7. The molecule has 6 rings (SSSR count). The van der Waals surface area contributed by atoms with E-state index in [1.54, 1.807) is 32.5 Å². The van der Waals surface area contributed by atoms with Crippen LogP contribution in [0.25, 0.3) is 5.57 Å². The highest BCUT2D eigenvalue weighted by Crippen LogP contribution is 2.51. The van der Waals surface area contributed by atoms with Crippen molar-refractivity contribution in [2.75, 3.05) is 33.5 Å². The molecule has 3 heterocycles. The number of Topliss-reactive ketones (excluding diaryl/α,β-unsaturated/α-hetero) is 1. The Morgan fingerprint density at radius 3 is 2.50 bits per heavy atom. The molecule has 10 heteroatoms. The molecule has 0 radical (unpaired) electrons. The number of aromatic nitrogens is 1. The molecule has 10 nitrogen and oxygen atoms in total. The average molecular weight is 522 g/mol. The number of ketones is 1. The third-order valence-electron chi connectivity index (χ3n) is 7.13. The van der Waals surface area contributed by atoms with Crippen LogP contribution in [0.15, 0.2) is 41.7 Å². The van der Waals surface area contributed by atoms with E-state index in [9.17, 15) is 9.59 Å². The van der Waals surface area contributed by atoms with Crippen LogP contribution in [0.3, 0.4) is 0 Å². The summed E-state index contributed by atoms with van der Waals surface area (Å²) in [5.41, 5.74) is 3.98. The van der Waals surface area contributed by atoms with E-state index in [0.717, 1.165) is 22.4 Å². The van der Waals surface area contributed by atoms with Crippen LogP contribution in [0.2, 0.25) is 0 Å². The van der Waals surface area contributed by atoms with Crippen molar-refractivity contribution in [2.45, 2.75) is 44.9 Å². The number of anilines is 1. The van der Waals surface area contributed by atoms with Gasteiger partial charge in [0.25, 0.3) is 0 Å². The number of nitrogens with zero attached hydrogens (tertiary/aromatic N) is 2. The first-order valence-corrected chi connectivity index (χ1v) is 12.4. The minimum absolute atomic E-state index is 0.179. The lowest BCUT2D eigenvalue weighted by Gasteiger charge is -2.40. The molecular weight excluding hydrogens is 490 g/mol. The summed E-state index contributed by atoms with van der Waals surface area (Å²) < 4.78 is 22.8. The van der Waals surface area contributed by atoms with Gasteiger partial charge in [-0.15, -0.1) is 0 Å². The molecule has 0 spiro atoms. The van der Waals surface area contributed by atoms with E-state index in [0.29, 0.717) is 41.5 Å². The van der Waals surface area contributed by atoms with Crippen LogP contribution in [0.4, 0.5) is 5.82 Å². The molecule has 2 bridgehead atoms. The molecule has 38 heavy (non-hydrogen) atoms. The Hall–Kier alpha value is -4.05. The lowest BCUT2D eigenvalue weighted by atomic mass is 9.86. The summed E-state index contributed by atoms with van der Waals surface area (Å²) in [5, 5.41) is 4.69. The van der Waals surface area contributed by atoms with Crippen LogP contribution < -0.4 is 24.6 Å². The number of methoxy groups -OCH3 is 4. The Bertz CT molecular complexity index is 1370. The van der Waals surface area contributed by atoms with Gasteiger partial charge in [-0.2, -0.15) is 0 Å². The molecule has 3 atom stereocenters. The fourth-order valence-electron chi connectivity index (χ4n) is 5.61. The second-order valence-electron chi connectivity index (χ2n) is 9.32. The van der Waals surface area contributed by atoms with Crippen molar-refractivity contribution in [3.8, 4) is 17.2 Å². The Morgan fingerprint density at radius 2 is 1.87 bits per heavy atom. The van der Waals surface area contributed by atoms with Crippen LogP contribution in [0.5, 0.6) is 17.2 Å². The van der Waals surface area contributed by atoms with Gasteiger partial charge in [-0.25, -0.2) is 10.0 Å². The minimum atomic E-state index is -1.04. The predicted octanol–water partition coefficient (Wildman–Crippen LogP) is 2.92. The van der Waals surface area contributed by atoms with E-state index < -0.39 is 18.2 Å². The number of fused-ring (bicyclic) bond motifs is 3. The quantitative estimate of drug-likeness (QED) is 0.614. The number of rotatable bonds is 6. The summed E-state index contributed by atoms with van der Waals surface area (Å²) >= 11 is 0. The van der Waals surface area contributed by atoms with E-state index in [1.165, 1.54) is 14.0 Å². The molecule has 2 aromatic rings. The van der Waals surface area contributed by atoms with Crippen LogP contribution in [0.1, 0.15) is 30.2 Å². The lowest BCUT2D eigenvalue weighted by Crippen LogP contribution is -2.50. The number of carbonyl (C=O) groups excluding carboxylic acids is 2. The maximum Gasteiger partial charge on any atom is 0.232 e. The first-order valence-electron chi connectivity index (χ1n) is 12.4. The van der Waals surface area contributed by atoms with Gasteiger partial charge < -0.3 is 24.3 Å². The van der Waals surface area contributed by atoms with E-state index in [4.69, 9.17) is 23.8 Å². The van der Waals surface area contributed by atoms with Crippen molar-refractivity contribution >= 4 is 23.1 Å². The number of nitrogens with one attached hydrogen (secondary N) is 1. The first-order chi connectivity index (χ1) is 18.3. The van der Waals surface area contributed by atoms with Crippen molar-refractivity contribution in [2.24, 2.45) is 0 Å². The van der Waals surface area contributed by atoms with Crippen molar-refractivity contribution in [1.29, 1.82) is 0 Å². The number of benzene rings is 1. The second-order valence-corrected chi connectivity index (χ2v) is 9.32. The molecule has 0 saturated heterocycles. The smallest absolute Gasteiger partial charge is 0.232 e. The number of pyridine rings is 1. The van der Waals surface area contributed by atoms with Gasteiger partial charge in [-0.05, 0) is 60.8 Å². The van der Waals surface area contributed by atoms with Crippen molar-refractivity contribution in [1.82, 2.24) is 10.3 Å². The molecule has 1 aromatic heterocycles. The minimum Gasteiger partial charge on any atom is -0.493 e. The van der Waals surface area contributed by atoms with Crippen molar-refractivity contribution in [3.63, 3.8) is 0 Å². The summed E-state index contributed by atoms with van der Waals surface area (Å²) in [6.45, 7) is 3.35. The fourth-order valence-corrected chi connectivity index (χ4v) is 5.61. The van der Waals surface area contributed by atoms with Crippen LogP contribution in [0, 0.1) is 6.92 Å². The van der Waals surface area contributed by atoms with E-state index >= 15 is 0 Å². The monoisotopic (exact) mass is 521 g/mol. The van der Waals surface area contributed by atoms with Gasteiger partial charge in [0.2, 0.25) is 17.4 Å². The standard InChI is InChI=1S/C28H31N3O7/c1-14-8-7-9-22(29-14)31-19-13-20(34-3)25(33)28(38-31)24-18(30-15(2)32)11-10-16-17(23(19)24)12-21(35-4)27(37-6)26(16)36-5/h7-9,12-13,18-19,28H,10-11H2,1-6H3,(H,30,32)/t18-,19-,28-/m0/s1. The van der Waals surface area contributed by atoms with Crippen LogP contribution in [-0.4, -0.2) is 63.3 Å². The Balaban J connectivity index is 1.85. The Kier molecular flexibility index (Phi) is 6.75. The Labute approximate surface area is 221 Å². The highest BCUT2D eigenvalue weighted by atomic mass is 16.7. The van der Waals surface area contributed by atoms with Gasteiger partial charge in [0, 0.05) is 18.2 Å². The summed E-state index contributed by atoms with van der Waals surface area (Å²) in [6.07, 6.45) is 1.77. The van der Waals surface area contributed by atoms with Crippen LogP contribution in [-0.2, 0) is 25.6 Å². The number of hydroxylamine groups is 1. The van der Waals surface area contributed by atoms with Gasteiger partial charge >= 0.3 is 0 Å². The maximum absolute atomic E-state index is 13.8. The molecule has 4 aliphatic rings. The van der Waals surface area contributed by atoms with E-state index in [-0.39, 0.29) is 17.4 Å². The van der Waals surface area contributed by atoms with Gasteiger partial charge in [0.1, 0.15) is 6.04 Å². The fraction of sp³-hybridized carbons (Fsp3) is 0.393. The molecule has 0 fully saturated rings. The molecule has 0 unspecified atom stereocenters. The molecule has 200 valence electrons. The maximum atomic E-state index is 13.8. The number of hydrogen-bond acceptors (Lipinski definition) is 9. The lowest BCUT2D eigenvalue weighted by molar-refractivity contribution is -0.129. The summed E-state index contributed by atoms with van der Waals surface area (Å²) in [6, 6.07) is 6.43. The third-order valence-corrected chi connectivity index (χ3v) is 7.13. The second kappa shape index (κ2) is 10.0. The summed E-state index contributed by atoms with van der Waals surface area (Å²) in [7, 11) is 6.17. The van der Waals surface area contributed by atoms with E-state index in [2.05, 4.69) is 10.3 Å². The molecule has 2 aliphatic carbocycles. The van der Waals surface area contributed by atoms with Crippen LogP contribution >= 0.6 is 0 Å². The van der Waals surface area contributed by atoms with Gasteiger partial charge in [0.05, 0.1) is 34.5 Å². The van der Waals surface area contributed by atoms with Gasteiger partial charge in [-0.3, -0.25) is 14.4 Å². The van der Waals surface area contributed by atoms with Crippen molar-refractivity contribution in [3.05, 3.63) is 58.5 Å². The number of hydrogen-bond donors (Lipinski definition) is 1. The summed E-state index contributed by atoms with van der Waals surface area (Å²) in [4.78, 5) is 37.2. The van der Waals surface area contributed by atoms with E-state index in [1.807, 2.05) is 31.2 Å². The third kappa shape index (κ3) is 4.05. The number of ether oxygens (including phenoxy) is 4. The zero-order valence-electron chi connectivity index (χ0n) is 22.3. The van der Waals surface area contributed by atoms with Crippen molar-refractivity contribution < 1.29 is 33.4 Å². The average Bonchev–Trinajstić information content (AvgIpc) is 3.21. The molecule has 1 amide bonds. The topological polar surface area (TPSA) is 108 Å².